The summed E-state index contributed by atoms with van der Waals surface area (Å²) in [6.07, 6.45) is -2.20. The Morgan fingerprint density at radius 1 is 1.16 bits per heavy atom. The minimum Gasteiger partial charge on any atom is -0.381 e. The number of alkyl halides is 3. The van der Waals surface area contributed by atoms with Crippen LogP contribution in [0.4, 0.5) is 19.0 Å². The van der Waals surface area contributed by atoms with Gasteiger partial charge < -0.3 is 9.64 Å². The molecule has 0 aromatic carbocycles. The summed E-state index contributed by atoms with van der Waals surface area (Å²) in [5.74, 6) is -0.467. The van der Waals surface area contributed by atoms with Crippen LogP contribution in [0.1, 0.15) is 31.4 Å². The van der Waals surface area contributed by atoms with E-state index in [9.17, 15) is 26.4 Å². The number of hydrogen-bond donors (Lipinski definition) is 2. The van der Waals surface area contributed by atoms with Gasteiger partial charge in [-0.25, -0.2) is 18.9 Å². The van der Waals surface area contributed by atoms with Crippen molar-refractivity contribution in [1.82, 2.24) is 19.8 Å². The molecule has 180 valence electrons. The number of ether oxygens (including phenoxy) is 1. The highest BCUT2D eigenvalue weighted by atomic mass is 32.2. The van der Waals surface area contributed by atoms with Crippen LogP contribution in [-0.2, 0) is 26.0 Å². The molecule has 0 unspecified atom stereocenters. The number of aromatic nitrogens is 2. The molecule has 1 aromatic heterocycles. The number of hydroxylamine groups is 1. The highest BCUT2D eigenvalue weighted by molar-refractivity contribution is 7.91. The number of anilines is 1. The normalized spacial score (nSPS) is 20.2. The molecule has 2 aliphatic rings. The van der Waals surface area contributed by atoms with Gasteiger partial charge in [0.15, 0.2) is 4.75 Å². The molecule has 0 atom stereocenters. The predicted octanol–water partition coefficient (Wildman–Crippen LogP) is 0.868. The van der Waals surface area contributed by atoms with Gasteiger partial charge in [0.2, 0.25) is 10.0 Å². The maximum Gasteiger partial charge on any atom is 0.389 e. The van der Waals surface area contributed by atoms with E-state index < -0.39 is 33.3 Å². The molecule has 1 amide bonds. The molecule has 0 aliphatic carbocycles. The number of sulfonamides is 1. The van der Waals surface area contributed by atoms with Crippen molar-refractivity contribution in [3.05, 3.63) is 18.1 Å². The number of halogens is 3. The van der Waals surface area contributed by atoms with Crippen LogP contribution in [-0.4, -0.2) is 84.1 Å². The Morgan fingerprint density at radius 3 is 2.34 bits per heavy atom. The van der Waals surface area contributed by atoms with Crippen LogP contribution in [0, 0.1) is 0 Å². The molecule has 2 saturated heterocycles. The first-order chi connectivity index (χ1) is 15.1. The first kappa shape index (κ1) is 24.6. The van der Waals surface area contributed by atoms with Crippen LogP contribution in [0.3, 0.4) is 0 Å². The molecule has 3 heterocycles. The van der Waals surface area contributed by atoms with Crippen molar-refractivity contribution in [3.8, 4) is 0 Å². The van der Waals surface area contributed by atoms with Crippen LogP contribution in [0.2, 0.25) is 0 Å². The minimum absolute atomic E-state index is 0.0524. The summed E-state index contributed by atoms with van der Waals surface area (Å²) in [4.78, 5) is 22.5. The zero-order valence-electron chi connectivity index (χ0n) is 17.3. The molecule has 0 saturated carbocycles. The van der Waals surface area contributed by atoms with E-state index in [4.69, 9.17) is 9.94 Å². The molecule has 0 bridgehead atoms. The molecule has 0 spiro atoms. The summed E-state index contributed by atoms with van der Waals surface area (Å²) in [7, 11) is -4.07. The van der Waals surface area contributed by atoms with Crippen molar-refractivity contribution >= 4 is 21.7 Å². The van der Waals surface area contributed by atoms with E-state index >= 15 is 0 Å². The van der Waals surface area contributed by atoms with E-state index in [0.29, 0.717) is 24.6 Å². The van der Waals surface area contributed by atoms with Crippen LogP contribution in [0.15, 0.2) is 12.4 Å². The Kier molecular flexibility index (Phi) is 7.57. The Hall–Kier alpha value is -2.03. The standard InChI is InChI=1S/C18H26F3N5O5S/c19-18(20,21)3-1-2-14-12-23-15(13-22-14)25-6-8-26(9-7-25)32(29,30)17(16(27)24-28)4-10-31-11-5-17/h12-13,28H,1-11H2,(H,24,27). The number of carbonyl (C=O) groups is 1. The third-order valence-electron chi connectivity index (χ3n) is 5.80. The highest BCUT2D eigenvalue weighted by Gasteiger charge is 2.54. The van der Waals surface area contributed by atoms with E-state index in [1.165, 1.54) is 22.2 Å². The van der Waals surface area contributed by atoms with Crippen molar-refractivity contribution in [2.45, 2.75) is 43.0 Å². The maximum absolute atomic E-state index is 13.3. The topological polar surface area (TPSA) is 125 Å². The Balaban J connectivity index is 1.61. The second-order valence-electron chi connectivity index (χ2n) is 7.77. The zero-order chi connectivity index (χ0) is 23.4. The smallest absolute Gasteiger partial charge is 0.381 e. The second kappa shape index (κ2) is 9.85. The van der Waals surface area contributed by atoms with Gasteiger partial charge in [0.05, 0.1) is 18.1 Å². The Morgan fingerprint density at radius 2 is 1.81 bits per heavy atom. The van der Waals surface area contributed by atoms with Gasteiger partial charge in [-0.1, -0.05) is 0 Å². The average molecular weight is 481 g/mol. The van der Waals surface area contributed by atoms with Crippen LogP contribution < -0.4 is 10.4 Å². The quantitative estimate of drug-likeness (QED) is 0.434. The number of hydrogen-bond acceptors (Lipinski definition) is 8. The fourth-order valence-corrected chi connectivity index (χ4v) is 6.02. The molecule has 2 fully saturated rings. The third kappa shape index (κ3) is 5.30. The first-order valence-corrected chi connectivity index (χ1v) is 11.7. The average Bonchev–Trinajstić information content (AvgIpc) is 2.78. The molecule has 0 radical (unpaired) electrons. The number of carbonyl (C=O) groups excluding carboxylic acids is 1. The Bertz CT molecular complexity index is 883. The van der Waals surface area contributed by atoms with Crippen molar-refractivity contribution < 1.29 is 36.3 Å². The van der Waals surface area contributed by atoms with E-state index in [1.54, 1.807) is 0 Å². The lowest BCUT2D eigenvalue weighted by Crippen LogP contribution is -2.62. The maximum atomic E-state index is 13.3. The summed E-state index contributed by atoms with van der Waals surface area (Å²) in [6.45, 7) is 1.01. The summed E-state index contributed by atoms with van der Waals surface area (Å²) in [5.41, 5.74) is 1.95. The summed E-state index contributed by atoms with van der Waals surface area (Å²) >= 11 is 0. The number of nitrogens with zero attached hydrogens (tertiary/aromatic N) is 4. The summed E-state index contributed by atoms with van der Waals surface area (Å²) < 4.78 is 68.0. The fourth-order valence-electron chi connectivity index (χ4n) is 3.92. The van der Waals surface area contributed by atoms with E-state index in [2.05, 4.69) is 9.97 Å². The number of amides is 1. The number of piperazine rings is 1. The largest absolute Gasteiger partial charge is 0.389 e. The number of nitrogens with one attached hydrogen (secondary N) is 1. The highest BCUT2D eigenvalue weighted by Crippen LogP contribution is 2.33. The molecule has 10 nitrogen and oxygen atoms in total. The molecular formula is C18H26F3N5O5S. The number of rotatable bonds is 7. The molecule has 3 rings (SSSR count). The SMILES string of the molecule is O=C(NO)C1(S(=O)(=O)N2CCN(c3cnc(CCCC(F)(F)F)cn3)CC2)CCOCC1. The lowest BCUT2D eigenvalue weighted by Gasteiger charge is -2.41. The first-order valence-electron chi connectivity index (χ1n) is 10.2. The van der Waals surface area contributed by atoms with Gasteiger partial charge in [-0.15, -0.1) is 0 Å². The molecular weight excluding hydrogens is 455 g/mol. The van der Waals surface area contributed by atoms with Crippen molar-refractivity contribution in [2.75, 3.05) is 44.3 Å². The Labute approximate surface area is 183 Å². The van der Waals surface area contributed by atoms with Gasteiger partial charge in [0, 0.05) is 58.7 Å². The molecule has 14 heteroatoms. The summed E-state index contributed by atoms with van der Waals surface area (Å²) in [6, 6.07) is 0. The van der Waals surface area contributed by atoms with E-state index in [0.717, 1.165) is 0 Å². The van der Waals surface area contributed by atoms with Crippen LogP contribution in [0.5, 0.6) is 0 Å². The van der Waals surface area contributed by atoms with Gasteiger partial charge in [-0.2, -0.15) is 17.5 Å². The lowest BCUT2D eigenvalue weighted by atomic mass is 9.98. The van der Waals surface area contributed by atoms with Gasteiger partial charge in [-0.05, 0) is 12.8 Å². The van der Waals surface area contributed by atoms with Gasteiger partial charge in [0.25, 0.3) is 5.91 Å². The van der Waals surface area contributed by atoms with E-state index in [1.807, 2.05) is 4.90 Å². The van der Waals surface area contributed by atoms with Crippen LogP contribution >= 0.6 is 0 Å². The van der Waals surface area contributed by atoms with Gasteiger partial charge >= 0.3 is 6.18 Å². The fraction of sp³-hybridized carbons (Fsp3) is 0.722. The molecule has 1 aromatic rings. The van der Waals surface area contributed by atoms with Gasteiger partial charge in [0.1, 0.15) is 5.82 Å². The van der Waals surface area contributed by atoms with Crippen LogP contribution in [0.25, 0.3) is 0 Å². The number of aryl methyl sites for hydroxylation is 1. The molecule has 2 N–H and O–H groups in total. The zero-order valence-corrected chi connectivity index (χ0v) is 18.2. The third-order valence-corrected chi connectivity index (χ3v) is 8.42. The predicted molar refractivity (Wildman–Crippen MR) is 106 cm³/mol. The lowest BCUT2D eigenvalue weighted by molar-refractivity contribution is -0.135. The summed E-state index contributed by atoms with van der Waals surface area (Å²) in [5, 5.41) is 9.12. The monoisotopic (exact) mass is 481 g/mol. The van der Waals surface area contributed by atoms with Crippen molar-refractivity contribution in [1.29, 1.82) is 0 Å². The second-order valence-corrected chi connectivity index (χ2v) is 10.0. The van der Waals surface area contributed by atoms with Crippen molar-refractivity contribution in [2.24, 2.45) is 0 Å². The van der Waals surface area contributed by atoms with E-state index in [-0.39, 0.29) is 52.0 Å². The minimum atomic E-state index is -4.20. The molecule has 32 heavy (non-hydrogen) atoms. The van der Waals surface area contributed by atoms with Crippen molar-refractivity contribution in [3.63, 3.8) is 0 Å². The van der Waals surface area contributed by atoms with Gasteiger partial charge in [-0.3, -0.25) is 15.0 Å². The molecule has 2 aliphatic heterocycles.